The van der Waals surface area contributed by atoms with Crippen LogP contribution in [0.5, 0.6) is 5.75 Å². The van der Waals surface area contributed by atoms with Crippen molar-refractivity contribution in [2.75, 3.05) is 13.7 Å². The Labute approximate surface area is 162 Å². The lowest BCUT2D eigenvalue weighted by Crippen LogP contribution is -2.62. The third-order valence-electron chi connectivity index (χ3n) is 4.27. The number of hydrogen-bond acceptors (Lipinski definition) is 2. The predicted molar refractivity (Wildman–Crippen MR) is 86.6 cm³/mol. The fourth-order valence-electron chi connectivity index (χ4n) is 2.40. The molecule has 0 aliphatic rings. The first kappa shape index (κ1) is 25.4. The Hall–Kier alpha value is -1.65. The van der Waals surface area contributed by atoms with Gasteiger partial charge in [0.2, 0.25) is 0 Å². The topological polar surface area (TPSA) is 18.5 Å². The van der Waals surface area contributed by atoms with Gasteiger partial charge in [0.15, 0.2) is 0 Å². The average Bonchev–Trinajstić information content (AvgIpc) is 2.58. The van der Waals surface area contributed by atoms with E-state index in [0.717, 1.165) is 14.0 Å². The molecule has 0 amide bonds. The van der Waals surface area contributed by atoms with Gasteiger partial charge >= 0.3 is 23.9 Å². The van der Waals surface area contributed by atoms with Crippen LogP contribution in [0.3, 0.4) is 0 Å². The Morgan fingerprint density at radius 1 is 0.828 bits per heavy atom. The first-order valence-electron chi connectivity index (χ1n) is 8.40. The Kier molecular flexibility index (Phi) is 7.21. The highest BCUT2D eigenvalue weighted by Gasteiger charge is 2.82. The quantitative estimate of drug-likeness (QED) is 0.412. The van der Waals surface area contributed by atoms with Crippen LogP contribution in [0.15, 0.2) is 24.3 Å². The van der Waals surface area contributed by atoms with E-state index < -0.39 is 36.0 Å². The van der Waals surface area contributed by atoms with Gasteiger partial charge in [-0.2, -0.15) is 39.5 Å². The lowest BCUT2D eigenvalue weighted by molar-refractivity contribution is -0.400. The molecule has 0 heterocycles. The molecule has 0 fully saturated rings. The van der Waals surface area contributed by atoms with Gasteiger partial charge in [-0.1, -0.05) is 26.0 Å². The summed E-state index contributed by atoms with van der Waals surface area (Å²) in [5, 5.41) is 0. The molecule has 29 heavy (non-hydrogen) atoms. The molecule has 2 nitrogen and oxygen atoms in total. The van der Waals surface area contributed by atoms with Crippen molar-refractivity contribution in [1.82, 2.24) is 0 Å². The van der Waals surface area contributed by atoms with Crippen molar-refractivity contribution in [2.45, 2.75) is 56.7 Å². The summed E-state index contributed by atoms with van der Waals surface area (Å²) in [4.78, 5) is 0. The SMILES string of the molecule is COC(C)(CC(F)(F)C(F)(F)C(F)(F)C(F)(F)F)c1ccc(OCC(C)C)cc1. The number of methoxy groups -OCH3 is 1. The molecule has 0 N–H and O–H groups in total. The Balaban J connectivity index is 3.19. The van der Waals surface area contributed by atoms with E-state index in [1.807, 2.05) is 13.8 Å². The summed E-state index contributed by atoms with van der Waals surface area (Å²) in [7, 11) is 0.847. The molecule has 1 unspecified atom stereocenters. The van der Waals surface area contributed by atoms with Crippen molar-refractivity contribution in [3.63, 3.8) is 0 Å². The Bertz CT molecular complexity index is 669. The van der Waals surface area contributed by atoms with Crippen LogP contribution in [0.4, 0.5) is 39.5 Å². The van der Waals surface area contributed by atoms with Gasteiger partial charge in [0.05, 0.1) is 18.6 Å². The zero-order valence-electron chi connectivity index (χ0n) is 16.0. The molecule has 1 atom stereocenters. The van der Waals surface area contributed by atoms with Gasteiger partial charge in [0, 0.05) is 7.11 Å². The van der Waals surface area contributed by atoms with E-state index in [0.29, 0.717) is 12.4 Å². The second kappa shape index (κ2) is 8.23. The number of ether oxygens (including phenoxy) is 2. The molecule has 0 spiro atoms. The van der Waals surface area contributed by atoms with Gasteiger partial charge in [0.25, 0.3) is 0 Å². The summed E-state index contributed by atoms with van der Waals surface area (Å²) in [6.07, 6.45) is -8.99. The summed E-state index contributed by atoms with van der Waals surface area (Å²) in [6.45, 7) is 4.95. The summed E-state index contributed by atoms with van der Waals surface area (Å²) in [5.41, 5.74) is -2.42. The van der Waals surface area contributed by atoms with Crippen molar-refractivity contribution in [3.05, 3.63) is 29.8 Å². The van der Waals surface area contributed by atoms with E-state index in [1.54, 1.807) is 0 Å². The molecule has 0 aliphatic carbocycles. The van der Waals surface area contributed by atoms with Gasteiger partial charge in [-0.3, -0.25) is 0 Å². The first-order chi connectivity index (χ1) is 12.9. The van der Waals surface area contributed by atoms with Gasteiger partial charge in [-0.25, -0.2) is 0 Å². The highest BCUT2D eigenvalue weighted by atomic mass is 19.4. The van der Waals surface area contributed by atoms with Crippen LogP contribution >= 0.6 is 0 Å². The van der Waals surface area contributed by atoms with Crippen molar-refractivity contribution in [3.8, 4) is 5.75 Å². The molecule has 1 aromatic carbocycles. The van der Waals surface area contributed by atoms with Crippen molar-refractivity contribution >= 4 is 0 Å². The number of alkyl halides is 9. The van der Waals surface area contributed by atoms with E-state index in [1.165, 1.54) is 24.3 Å². The molecule has 0 radical (unpaired) electrons. The summed E-state index contributed by atoms with van der Waals surface area (Å²) in [5.74, 6) is -18.9. The molecular formula is C18H21F9O2. The number of hydrogen-bond donors (Lipinski definition) is 0. The van der Waals surface area contributed by atoms with Crippen LogP contribution in [0.2, 0.25) is 0 Å². The van der Waals surface area contributed by atoms with Crippen LogP contribution in [-0.4, -0.2) is 37.7 Å². The molecule has 0 aliphatic heterocycles. The minimum atomic E-state index is -6.94. The average molecular weight is 440 g/mol. The predicted octanol–water partition coefficient (Wildman–Crippen LogP) is 6.44. The largest absolute Gasteiger partial charge is 0.493 e. The maximum atomic E-state index is 14.0. The van der Waals surface area contributed by atoms with E-state index in [-0.39, 0.29) is 11.5 Å². The fraction of sp³-hybridized carbons (Fsp3) is 0.667. The van der Waals surface area contributed by atoms with Gasteiger partial charge in [-0.15, -0.1) is 0 Å². The Morgan fingerprint density at radius 3 is 1.69 bits per heavy atom. The fourth-order valence-corrected chi connectivity index (χ4v) is 2.40. The smallest absolute Gasteiger partial charge is 0.460 e. The number of halogens is 9. The highest BCUT2D eigenvalue weighted by molar-refractivity contribution is 5.31. The normalized spacial score (nSPS) is 16.1. The monoisotopic (exact) mass is 440 g/mol. The van der Waals surface area contributed by atoms with E-state index in [9.17, 15) is 39.5 Å². The summed E-state index contributed by atoms with van der Waals surface area (Å²) >= 11 is 0. The number of rotatable bonds is 9. The minimum Gasteiger partial charge on any atom is -0.493 e. The summed E-state index contributed by atoms with van der Waals surface area (Å²) < 4.78 is 128. The molecular weight excluding hydrogens is 419 g/mol. The lowest BCUT2D eigenvalue weighted by Gasteiger charge is -2.38. The van der Waals surface area contributed by atoms with Crippen LogP contribution < -0.4 is 4.74 Å². The minimum absolute atomic E-state index is 0.136. The van der Waals surface area contributed by atoms with Crippen molar-refractivity contribution < 1.29 is 49.0 Å². The molecule has 1 rings (SSSR count). The lowest BCUT2D eigenvalue weighted by atomic mass is 9.85. The molecule has 0 saturated carbocycles. The molecule has 0 aromatic heterocycles. The standard InChI is InChI=1S/C18H21F9O2/c1-11(2)9-29-13-7-5-12(6-8-13)14(3,28-4)10-15(19,20)16(21,22)17(23,24)18(25,26)27/h5-8,11H,9-10H2,1-4H3. The number of benzene rings is 1. The van der Waals surface area contributed by atoms with Crippen LogP contribution in [0.1, 0.15) is 32.8 Å². The maximum Gasteiger partial charge on any atom is 0.460 e. The zero-order valence-corrected chi connectivity index (χ0v) is 16.0. The first-order valence-corrected chi connectivity index (χ1v) is 8.40. The second-order valence-corrected chi connectivity index (χ2v) is 7.19. The van der Waals surface area contributed by atoms with Crippen LogP contribution in [0.25, 0.3) is 0 Å². The van der Waals surface area contributed by atoms with E-state index in [4.69, 9.17) is 9.47 Å². The zero-order chi connectivity index (χ0) is 22.9. The van der Waals surface area contributed by atoms with E-state index >= 15 is 0 Å². The second-order valence-electron chi connectivity index (χ2n) is 7.19. The van der Waals surface area contributed by atoms with Gasteiger partial charge < -0.3 is 9.47 Å². The highest BCUT2D eigenvalue weighted by Crippen LogP contribution is 2.56. The van der Waals surface area contributed by atoms with Crippen LogP contribution in [-0.2, 0) is 10.3 Å². The van der Waals surface area contributed by atoms with Crippen molar-refractivity contribution in [2.24, 2.45) is 5.92 Å². The van der Waals surface area contributed by atoms with Gasteiger partial charge in [-0.05, 0) is 30.5 Å². The van der Waals surface area contributed by atoms with Gasteiger partial charge in [0.1, 0.15) is 5.75 Å². The molecule has 0 bridgehead atoms. The van der Waals surface area contributed by atoms with Crippen LogP contribution in [0, 0.1) is 5.92 Å². The molecule has 1 aromatic rings. The summed E-state index contributed by atoms with van der Waals surface area (Å²) in [6, 6.07) is 4.98. The molecule has 168 valence electrons. The van der Waals surface area contributed by atoms with Crippen molar-refractivity contribution in [1.29, 1.82) is 0 Å². The third-order valence-corrected chi connectivity index (χ3v) is 4.27. The van der Waals surface area contributed by atoms with E-state index in [2.05, 4.69) is 0 Å². The molecule has 0 saturated heterocycles. The maximum absolute atomic E-state index is 14.0. The Morgan fingerprint density at radius 2 is 1.31 bits per heavy atom. The third kappa shape index (κ3) is 5.10. The molecule has 11 heteroatoms.